The van der Waals surface area contributed by atoms with Gasteiger partial charge < -0.3 is 10.2 Å². The number of rotatable bonds is 5. The number of aryl methyl sites for hydroxylation is 3. The van der Waals surface area contributed by atoms with Crippen LogP contribution in [0.2, 0.25) is 0 Å². The van der Waals surface area contributed by atoms with E-state index in [1.807, 2.05) is 38.1 Å². The van der Waals surface area contributed by atoms with Crippen molar-refractivity contribution in [1.29, 1.82) is 0 Å². The molecule has 6 nitrogen and oxygen atoms in total. The van der Waals surface area contributed by atoms with Gasteiger partial charge in [-0.25, -0.2) is 9.80 Å². The van der Waals surface area contributed by atoms with E-state index in [0.717, 1.165) is 16.8 Å². The summed E-state index contributed by atoms with van der Waals surface area (Å²) in [6, 6.07) is 14.0. The monoisotopic (exact) mass is 406 g/mol. The van der Waals surface area contributed by atoms with E-state index >= 15 is 0 Å². The third-order valence-electron chi connectivity index (χ3n) is 5.52. The highest BCUT2D eigenvalue weighted by atomic mass is 16.2. The van der Waals surface area contributed by atoms with Crippen molar-refractivity contribution >= 4 is 17.6 Å². The van der Waals surface area contributed by atoms with Gasteiger partial charge in [-0.1, -0.05) is 42.0 Å². The molecule has 1 N–H and O–H groups in total. The fourth-order valence-electron chi connectivity index (χ4n) is 3.52. The molecule has 2 aromatic carbocycles. The Kier molecular flexibility index (Phi) is 6.55. The number of hydrogen-bond donors (Lipinski definition) is 1. The molecule has 1 aliphatic rings. The van der Waals surface area contributed by atoms with E-state index in [1.54, 1.807) is 12.1 Å². The largest absolute Gasteiger partial charge is 0.338 e. The molecular formula is C24H30N4O2. The van der Waals surface area contributed by atoms with Crippen molar-refractivity contribution in [3.63, 3.8) is 0 Å². The zero-order valence-electron chi connectivity index (χ0n) is 18.4. The minimum atomic E-state index is -0.268. The Morgan fingerprint density at radius 1 is 1.10 bits per heavy atom. The topological polar surface area (TPSA) is 65.0 Å². The van der Waals surface area contributed by atoms with Gasteiger partial charge in [-0.2, -0.15) is 5.10 Å². The Morgan fingerprint density at radius 3 is 2.43 bits per heavy atom. The molecule has 0 aliphatic carbocycles. The van der Waals surface area contributed by atoms with Gasteiger partial charge in [0.1, 0.15) is 6.54 Å². The second-order valence-electron chi connectivity index (χ2n) is 7.91. The molecule has 0 aromatic heterocycles. The molecule has 1 atom stereocenters. The fourth-order valence-corrected chi connectivity index (χ4v) is 3.52. The van der Waals surface area contributed by atoms with E-state index in [2.05, 4.69) is 37.4 Å². The van der Waals surface area contributed by atoms with Crippen LogP contribution in [0, 0.1) is 20.8 Å². The van der Waals surface area contributed by atoms with E-state index in [1.165, 1.54) is 21.6 Å². The van der Waals surface area contributed by atoms with Gasteiger partial charge in [0.2, 0.25) is 0 Å². The summed E-state index contributed by atoms with van der Waals surface area (Å²) in [6.45, 7) is 8.54. The molecule has 0 fully saturated rings. The average molecular weight is 407 g/mol. The Hall–Kier alpha value is -3.15. The van der Waals surface area contributed by atoms with Gasteiger partial charge in [0.25, 0.3) is 5.91 Å². The quantitative estimate of drug-likeness (QED) is 0.817. The first-order valence-corrected chi connectivity index (χ1v) is 10.3. The summed E-state index contributed by atoms with van der Waals surface area (Å²) in [4.78, 5) is 26.5. The van der Waals surface area contributed by atoms with Crippen molar-refractivity contribution < 1.29 is 9.59 Å². The van der Waals surface area contributed by atoms with E-state index < -0.39 is 0 Å². The number of benzene rings is 2. The number of carbonyl (C=O) groups is 2. The third kappa shape index (κ3) is 4.70. The Balaban J connectivity index is 1.90. The van der Waals surface area contributed by atoms with Crippen LogP contribution in [0.1, 0.15) is 47.2 Å². The van der Waals surface area contributed by atoms with Gasteiger partial charge in [-0.05, 0) is 56.0 Å². The molecule has 0 bridgehead atoms. The third-order valence-corrected chi connectivity index (χ3v) is 5.52. The summed E-state index contributed by atoms with van der Waals surface area (Å²) in [7, 11) is 1.62. The summed E-state index contributed by atoms with van der Waals surface area (Å²) in [5.74, 6) is -0.201. The van der Waals surface area contributed by atoms with Gasteiger partial charge in [0.05, 0.1) is 11.8 Å². The second kappa shape index (κ2) is 9.11. The van der Waals surface area contributed by atoms with Crippen LogP contribution in [-0.2, 0) is 4.79 Å². The number of likely N-dealkylation sites (N-methyl/N-ethyl adjacent to an activating group) is 1. The molecule has 0 saturated carbocycles. The summed E-state index contributed by atoms with van der Waals surface area (Å²) >= 11 is 0. The number of amides is 3. The summed E-state index contributed by atoms with van der Waals surface area (Å²) in [6.07, 6.45) is 0.641. The molecule has 3 rings (SSSR count). The van der Waals surface area contributed by atoms with Crippen LogP contribution >= 0.6 is 0 Å². The van der Waals surface area contributed by atoms with Crippen molar-refractivity contribution in [2.75, 3.05) is 20.1 Å². The molecule has 30 heavy (non-hydrogen) atoms. The molecule has 0 radical (unpaired) electrons. The predicted molar refractivity (Wildman–Crippen MR) is 120 cm³/mol. The van der Waals surface area contributed by atoms with Crippen LogP contribution in [-0.4, -0.2) is 47.7 Å². The van der Waals surface area contributed by atoms with Crippen molar-refractivity contribution in [1.82, 2.24) is 15.2 Å². The fraction of sp³-hybridized carbons (Fsp3) is 0.375. The maximum Gasteiger partial charge on any atom is 0.317 e. The van der Waals surface area contributed by atoms with Crippen molar-refractivity contribution in [3.05, 3.63) is 70.3 Å². The second-order valence-corrected chi connectivity index (χ2v) is 7.91. The van der Waals surface area contributed by atoms with Crippen molar-refractivity contribution in [2.45, 2.75) is 40.2 Å². The lowest BCUT2D eigenvalue weighted by Gasteiger charge is -2.25. The zero-order valence-corrected chi connectivity index (χ0v) is 18.4. The highest BCUT2D eigenvalue weighted by Gasteiger charge is 2.33. The van der Waals surface area contributed by atoms with E-state index in [-0.39, 0.29) is 24.5 Å². The number of hydrazone groups is 1. The normalized spacial score (nSPS) is 15.7. The van der Waals surface area contributed by atoms with Crippen molar-refractivity contribution in [3.8, 4) is 0 Å². The average Bonchev–Trinajstić information content (AvgIpc) is 3.16. The minimum absolute atomic E-state index is 0.0299. The van der Waals surface area contributed by atoms with E-state index in [4.69, 9.17) is 5.10 Å². The maximum absolute atomic E-state index is 13.1. The molecule has 3 amide bonds. The standard InChI is InChI=1S/C24H30N4O2/c1-6-25-24(30)27(5)15-23(29)28-22(19-10-7-16(2)8-11-19)14-21(26-28)20-12-9-17(3)18(4)13-20/h7-13,22H,6,14-15H2,1-5H3,(H,25,30). The lowest BCUT2D eigenvalue weighted by molar-refractivity contribution is -0.133. The molecule has 158 valence electrons. The summed E-state index contributed by atoms with van der Waals surface area (Å²) in [5.41, 5.74) is 6.55. The smallest absolute Gasteiger partial charge is 0.317 e. The highest BCUT2D eigenvalue weighted by molar-refractivity contribution is 6.03. The lowest BCUT2D eigenvalue weighted by atomic mass is 9.96. The molecule has 0 saturated heterocycles. The van der Waals surface area contributed by atoms with Gasteiger partial charge in [0, 0.05) is 20.0 Å². The van der Waals surface area contributed by atoms with Gasteiger partial charge in [-0.15, -0.1) is 0 Å². The van der Waals surface area contributed by atoms with Crippen LogP contribution in [0.3, 0.4) is 0 Å². The van der Waals surface area contributed by atoms with Crippen LogP contribution in [0.25, 0.3) is 0 Å². The minimum Gasteiger partial charge on any atom is -0.338 e. The summed E-state index contributed by atoms with van der Waals surface area (Å²) in [5, 5.41) is 8.97. The summed E-state index contributed by atoms with van der Waals surface area (Å²) < 4.78 is 0. The van der Waals surface area contributed by atoms with Crippen LogP contribution < -0.4 is 5.32 Å². The van der Waals surface area contributed by atoms with Crippen LogP contribution in [0.15, 0.2) is 47.6 Å². The van der Waals surface area contributed by atoms with E-state index in [0.29, 0.717) is 13.0 Å². The first-order chi connectivity index (χ1) is 14.3. The molecule has 1 heterocycles. The van der Waals surface area contributed by atoms with E-state index in [9.17, 15) is 9.59 Å². The van der Waals surface area contributed by atoms with Crippen LogP contribution in [0.4, 0.5) is 4.79 Å². The Morgan fingerprint density at radius 2 is 1.80 bits per heavy atom. The molecule has 1 unspecified atom stereocenters. The maximum atomic E-state index is 13.1. The molecule has 1 aliphatic heterocycles. The Bertz CT molecular complexity index is 966. The Labute approximate surface area is 178 Å². The zero-order chi connectivity index (χ0) is 21.8. The van der Waals surface area contributed by atoms with Gasteiger partial charge >= 0.3 is 6.03 Å². The molecule has 6 heteroatoms. The highest BCUT2D eigenvalue weighted by Crippen LogP contribution is 2.33. The molecular weight excluding hydrogens is 376 g/mol. The number of nitrogens with zero attached hydrogens (tertiary/aromatic N) is 3. The van der Waals surface area contributed by atoms with Gasteiger partial charge in [0.15, 0.2) is 0 Å². The number of hydrogen-bond acceptors (Lipinski definition) is 3. The molecule has 2 aromatic rings. The first-order valence-electron chi connectivity index (χ1n) is 10.3. The van der Waals surface area contributed by atoms with Crippen molar-refractivity contribution in [2.24, 2.45) is 5.10 Å². The number of urea groups is 1. The van der Waals surface area contributed by atoms with Crippen LogP contribution in [0.5, 0.6) is 0 Å². The lowest BCUT2D eigenvalue weighted by Crippen LogP contribution is -2.43. The first kappa shape index (κ1) is 21.6. The number of nitrogens with one attached hydrogen (secondary N) is 1. The SMILES string of the molecule is CCNC(=O)N(C)CC(=O)N1N=C(c2ccc(C)c(C)c2)CC1c1ccc(C)cc1. The predicted octanol–water partition coefficient (Wildman–Crippen LogP) is 3.95. The number of carbonyl (C=O) groups excluding carboxylic acids is 2. The molecule has 0 spiro atoms. The van der Waals surface area contributed by atoms with Gasteiger partial charge in [-0.3, -0.25) is 4.79 Å².